The number of aryl methyl sites for hydroxylation is 2. The van der Waals surface area contributed by atoms with Crippen molar-refractivity contribution in [2.24, 2.45) is 7.05 Å². The molecule has 152 valence electrons. The van der Waals surface area contributed by atoms with Crippen molar-refractivity contribution in [2.45, 2.75) is 19.5 Å². The molecule has 0 atom stereocenters. The number of nitrogens with zero attached hydrogens (tertiary/aromatic N) is 4. The van der Waals surface area contributed by atoms with E-state index in [1.807, 2.05) is 0 Å². The highest BCUT2D eigenvalue weighted by atomic mass is 16.5. The van der Waals surface area contributed by atoms with Gasteiger partial charge in [0.1, 0.15) is 5.82 Å². The van der Waals surface area contributed by atoms with Crippen LogP contribution in [0, 0.1) is 12.3 Å². The molecule has 3 aromatic rings. The van der Waals surface area contributed by atoms with Crippen LogP contribution in [0.2, 0.25) is 0 Å². The number of methoxy groups -OCH3 is 2. The van der Waals surface area contributed by atoms with E-state index in [4.69, 9.17) is 15.9 Å². The van der Waals surface area contributed by atoms with Crippen molar-refractivity contribution in [2.75, 3.05) is 20.8 Å². The number of hydrogen-bond acceptors (Lipinski definition) is 6. The molecule has 0 saturated carbocycles. The molecular formula is C20H22N4O5. The minimum Gasteiger partial charge on any atom is -0.493 e. The number of benzene rings is 1. The van der Waals surface area contributed by atoms with Gasteiger partial charge in [-0.2, -0.15) is 0 Å². The van der Waals surface area contributed by atoms with Crippen molar-refractivity contribution >= 4 is 11.2 Å². The zero-order valence-corrected chi connectivity index (χ0v) is 16.5. The van der Waals surface area contributed by atoms with Gasteiger partial charge in [-0.1, -0.05) is 5.92 Å². The minimum atomic E-state index is -0.550. The fourth-order valence-electron chi connectivity index (χ4n) is 3.26. The fraction of sp³-hybridized carbons (Fsp3) is 0.350. The van der Waals surface area contributed by atoms with E-state index >= 15 is 0 Å². The first-order chi connectivity index (χ1) is 14.0. The molecule has 9 nitrogen and oxygen atoms in total. The number of terminal acetylenes is 1. The van der Waals surface area contributed by atoms with Crippen LogP contribution in [-0.4, -0.2) is 44.6 Å². The van der Waals surface area contributed by atoms with Gasteiger partial charge in [0.15, 0.2) is 22.7 Å². The minimum absolute atomic E-state index is 0.0996. The van der Waals surface area contributed by atoms with E-state index in [2.05, 4.69) is 10.9 Å². The van der Waals surface area contributed by atoms with Crippen molar-refractivity contribution in [3.63, 3.8) is 0 Å². The Kier molecular flexibility index (Phi) is 5.75. The van der Waals surface area contributed by atoms with Crippen molar-refractivity contribution < 1.29 is 14.6 Å². The van der Waals surface area contributed by atoms with E-state index in [0.717, 1.165) is 4.57 Å². The summed E-state index contributed by atoms with van der Waals surface area (Å²) in [4.78, 5) is 30.3. The van der Waals surface area contributed by atoms with E-state index in [9.17, 15) is 14.7 Å². The lowest BCUT2D eigenvalue weighted by atomic mass is 10.2. The Morgan fingerprint density at radius 3 is 2.52 bits per heavy atom. The van der Waals surface area contributed by atoms with Crippen LogP contribution < -0.4 is 20.7 Å². The first kappa shape index (κ1) is 20.2. The Labute approximate surface area is 166 Å². The molecule has 0 saturated heterocycles. The molecule has 0 radical (unpaired) electrons. The van der Waals surface area contributed by atoms with Crippen molar-refractivity contribution in [1.29, 1.82) is 0 Å². The van der Waals surface area contributed by atoms with Gasteiger partial charge >= 0.3 is 5.69 Å². The Bertz CT molecular complexity index is 1210. The van der Waals surface area contributed by atoms with E-state index in [-0.39, 0.29) is 30.9 Å². The van der Waals surface area contributed by atoms with Crippen molar-refractivity contribution in [3.8, 4) is 35.2 Å². The van der Waals surface area contributed by atoms with E-state index in [0.29, 0.717) is 29.3 Å². The predicted octanol–water partition coefficient (Wildman–Crippen LogP) is 0.596. The number of rotatable bonds is 7. The third kappa shape index (κ3) is 3.39. The molecule has 9 heteroatoms. The number of hydrogen-bond donors (Lipinski definition) is 1. The summed E-state index contributed by atoms with van der Waals surface area (Å²) in [5.41, 5.74) is 0.123. The van der Waals surface area contributed by atoms with Gasteiger partial charge in [0.2, 0.25) is 0 Å². The van der Waals surface area contributed by atoms with Crippen LogP contribution in [0.3, 0.4) is 0 Å². The standard InChI is InChI=1S/C20H22N4O5/c1-5-9-24-19(26)16-18(23(20(24)27)10-6-11-25)21-17(22(16)2)13-7-8-14(28-3)15(12-13)29-4/h1,7-8,12,25H,6,9-11H2,2-4H3. The quantitative estimate of drug-likeness (QED) is 0.585. The van der Waals surface area contributed by atoms with E-state index in [1.54, 1.807) is 36.9 Å². The molecule has 0 fully saturated rings. The molecule has 0 aliphatic rings. The highest BCUT2D eigenvalue weighted by Crippen LogP contribution is 2.32. The summed E-state index contributed by atoms with van der Waals surface area (Å²) < 4.78 is 14.6. The van der Waals surface area contributed by atoms with Crippen LogP contribution in [0.5, 0.6) is 11.5 Å². The van der Waals surface area contributed by atoms with Gasteiger partial charge in [0.25, 0.3) is 5.56 Å². The summed E-state index contributed by atoms with van der Waals surface area (Å²) in [6.07, 6.45) is 5.68. The van der Waals surface area contributed by atoms with Crippen LogP contribution in [-0.2, 0) is 20.1 Å². The molecule has 1 aromatic carbocycles. The van der Waals surface area contributed by atoms with Crippen LogP contribution in [0.15, 0.2) is 27.8 Å². The molecule has 0 bridgehead atoms. The molecule has 0 aliphatic heterocycles. The molecule has 3 rings (SSSR count). The molecule has 2 aromatic heterocycles. The molecule has 0 amide bonds. The van der Waals surface area contributed by atoms with Crippen LogP contribution in [0.25, 0.3) is 22.6 Å². The number of imidazole rings is 1. The smallest absolute Gasteiger partial charge is 0.333 e. The summed E-state index contributed by atoms with van der Waals surface area (Å²) in [6, 6.07) is 5.28. The Morgan fingerprint density at radius 2 is 1.90 bits per heavy atom. The zero-order chi connectivity index (χ0) is 21.1. The lowest BCUT2D eigenvalue weighted by Gasteiger charge is -2.10. The van der Waals surface area contributed by atoms with Crippen molar-refractivity contribution in [1.82, 2.24) is 18.7 Å². The molecular weight excluding hydrogens is 376 g/mol. The normalized spacial score (nSPS) is 10.9. The fourth-order valence-corrected chi connectivity index (χ4v) is 3.26. The van der Waals surface area contributed by atoms with Crippen LogP contribution in [0.1, 0.15) is 6.42 Å². The van der Waals surface area contributed by atoms with Gasteiger partial charge in [-0.05, 0) is 24.6 Å². The highest BCUT2D eigenvalue weighted by molar-refractivity contribution is 5.77. The highest BCUT2D eigenvalue weighted by Gasteiger charge is 2.21. The van der Waals surface area contributed by atoms with Gasteiger partial charge in [-0.15, -0.1) is 6.42 Å². The number of aliphatic hydroxyl groups excluding tert-OH is 1. The van der Waals surface area contributed by atoms with E-state index < -0.39 is 11.2 Å². The maximum absolute atomic E-state index is 13.0. The predicted molar refractivity (Wildman–Crippen MR) is 108 cm³/mol. The topological polar surface area (TPSA) is 101 Å². The van der Waals surface area contributed by atoms with Gasteiger partial charge in [-0.25, -0.2) is 14.3 Å². The Balaban J connectivity index is 2.34. The summed E-state index contributed by atoms with van der Waals surface area (Å²) in [5, 5.41) is 9.20. The first-order valence-corrected chi connectivity index (χ1v) is 8.95. The molecule has 0 unspecified atom stereocenters. The number of fused-ring (bicyclic) bond motifs is 1. The van der Waals surface area contributed by atoms with Gasteiger partial charge < -0.3 is 19.1 Å². The maximum Gasteiger partial charge on any atom is 0.333 e. The third-order valence-corrected chi connectivity index (χ3v) is 4.67. The second kappa shape index (κ2) is 8.24. The third-order valence-electron chi connectivity index (χ3n) is 4.67. The summed E-state index contributed by atoms with van der Waals surface area (Å²) >= 11 is 0. The zero-order valence-electron chi connectivity index (χ0n) is 16.5. The van der Waals surface area contributed by atoms with Crippen LogP contribution in [0.4, 0.5) is 0 Å². The molecule has 0 aliphatic carbocycles. The number of ether oxygens (including phenoxy) is 2. The summed E-state index contributed by atoms with van der Waals surface area (Å²) in [5.74, 6) is 3.89. The number of aromatic nitrogens is 4. The van der Waals surface area contributed by atoms with Gasteiger partial charge in [0.05, 0.1) is 20.8 Å². The number of aliphatic hydroxyl groups is 1. The lowest BCUT2D eigenvalue weighted by Crippen LogP contribution is -2.40. The Hall–Kier alpha value is -3.51. The first-order valence-electron chi connectivity index (χ1n) is 8.95. The molecule has 29 heavy (non-hydrogen) atoms. The second-order valence-corrected chi connectivity index (χ2v) is 6.34. The average Bonchev–Trinajstić information content (AvgIpc) is 3.07. The van der Waals surface area contributed by atoms with E-state index in [1.165, 1.54) is 11.7 Å². The van der Waals surface area contributed by atoms with Gasteiger partial charge in [-0.3, -0.25) is 9.36 Å². The van der Waals surface area contributed by atoms with Crippen molar-refractivity contribution in [3.05, 3.63) is 39.0 Å². The molecule has 2 heterocycles. The monoisotopic (exact) mass is 398 g/mol. The molecule has 1 N–H and O–H groups in total. The summed E-state index contributed by atoms with van der Waals surface area (Å²) in [6.45, 7) is -0.0414. The largest absolute Gasteiger partial charge is 0.493 e. The average molecular weight is 398 g/mol. The van der Waals surface area contributed by atoms with Crippen LogP contribution >= 0.6 is 0 Å². The Morgan fingerprint density at radius 1 is 1.17 bits per heavy atom. The maximum atomic E-state index is 13.0. The SMILES string of the molecule is C#CCn1c(=O)c2c(nc(-c3ccc(OC)c(OC)c3)n2C)n(CCCO)c1=O. The summed E-state index contributed by atoms with van der Waals surface area (Å²) in [7, 11) is 4.77. The molecule has 0 spiro atoms. The second-order valence-electron chi connectivity index (χ2n) is 6.34. The van der Waals surface area contributed by atoms with Gasteiger partial charge in [0, 0.05) is 25.8 Å². The lowest BCUT2D eigenvalue weighted by molar-refractivity contribution is 0.279.